The van der Waals surface area contributed by atoms with Crippen LogP contribution in [0.2, 0.25) is 0 Å². The smallest absolute Gasteiger partial charge is 0.191 e. The Hall–Kier alpha value is -2.80. The first-order chi connectivity index (χ1) is 12.7. The van der Waals surface area contributed by atoms with E-state index in [2.05, 4.69) is 10.2 Å². The predicted octanol–water partition coefficient (Wildman–Crippen LogP) is 3.38. The fourth-order valence-corrected chi connectivity index (χ4v) is 3.08. The van der Waals surface area contributed by atoms with E-state index in [9.17, 15) is 4.79 Å². The van der Waals surface area contributed by atoms with E-state index in [-0.39, 0.29) is 11.5 Å². The lowest BCUT2D eigenvalue weighted by Gasteiger charge is -2.06. The van der Waals surface area contributed by atoms with Crippen molar-refractivity contribution in [3.05, 3.63) is 66.0 Å². The maximum absolute atomic E-state index is 12.3. The number of aromatic nitrogens is 3. The number of methoxy groups -OCH3 is 1. The number of ketones is 1. The molecule has 134 valence electrons. The Morgan fingerprint density at radius 3 is 2.46 bits per heavy atom. The van der Waals surface area contributed by atoms with Gasteiger partial charge in [-0.2, -0.15) is 0 Å². The molecule has 0 fully saturated rings. The Morgan fingerprint density at radius 1 is 1.04 bits per heavy atom. The lowest BCUT2D eigenvalue weighted by molar-refractivity contribution is 0.102. The Bertz CT molecular complexity index is 863. The number of carbonyl (C=O) groups is 1. The lowest BCUT2D eigenvalue weighted by Crippen LogP contribution is -2.06. The van der Waals surface area contributed by atoms with E-state index in [1.54, 1.807) is 31.4 Å². The minimum atomic E-state index is 0.0303. The minimum Gasteiger partial charge on any atom is -0.497 e. The van der Waals surface area contributed by atoms with Crippen LogP contribution in [-0.2, 0) is 13.7 Å². The third-order valence-corrected chi connectivity index (χ3v) is 4.80. The van der Waals surface area contributed by atoms with Crippen LogP contribution in [0.3, 0.4) is 0 Å². The Balaban J connectivity index is 1.56. The summed E-state index contributed by atoms with van der Waals surface area (Å²) in [5.41, 5.74) is 0.646. The van der Waals surface area contributed by atoms with Gasteiger partial charge in [0.2, 0.25) is 0 Å². The topological polar surface area (TPSA) is 66.2 Å². The molecule has 0 amide bonds. The van der Waals surface area contributed by atoms with E-state index >= 15 is 0 Å². The van der Waals surface area contributed by atoms with Crippen LogP contribution >= 0.6 is 11.8 Å². The van der Waals surface area contributed by atoms with E-state index in [1.807, 2.05) is 41.9 Å². The molecule has 0 N–H and O–H groups in total. The summed E-state index contributed by atoms with van der Waals surface area (Å²) in [6.45, 7) is 0.320. The molecule has 0 atom stereocenters. The number of hydrogen-bond acceptors (Lipinski definition) is 6. The number of rotatable bonds is 8. The Kier molecular flexibility index (Phi) is 5.91. The van der Waals surface area contributed by atoms with Gasteiger partial charge < -0.3 is 14.0 Å². The number of ether oxygens (including phenoxy) is 2. The predicted molar refractivity (Wildman–Crippen MR) is 99.8 cm³/mol. The molecule has 3 aromatic rings. The summed E-state index contributed by atoms with van der Waals surface area (Å²) in [5.74, 6) is 2.53. The van der Waals surface area contributed by atoms with Gasteiger partial charge in [-0.25, -0.2) is 0 Å². The van der Waals surface area contributed by atoms with Crippen LogP contribution in [0, 0.1) is 0 Å². The van der Waals surface area contributed by atoms with Crippen molar-refractivity contribution in [1.29, 1.82) is 0 Å². The van der Waals surface area contributed by atoms with Crippen molar-refractivity contribution in [2.24, 2.45) is 7.05 Å². The first-order valence-electron chi connectivity index (χ1n) is 8.03. The van der Waals surface area contributed by atoms with Gasteiger partial charge in [0.05, 0.1) is 12.9 Å². The van der Waals surface area contributed by atoms with Gasteiger partial charge in [0, 0.05) is 12.6 Å². The van der Waals surface area contributed by atoms with E-state index in [0.717, 1.165) is 11.5 Å². The number of Topliss-reactive ketones (excluding diaryl/α,β-unsaturated/α-hetero) is 1. The average Bonchev–Trinajstić information content (AvgIpc) is 3.05. The van der Waals surface area contributed by atoms with Gasteiger partial charge in [-0.15, -0.1) is 10.2 Å². The second kappa shape index (κ2) is 8.53. The van der Waals surface area contributed by atoms with Crippen molar-refractivity contribution in [1.82, 2.24) is 14.8 Å². The Morgan fingerprint density at radius 2 is 1.77 bits per heavy atom. The SMILES string of the molecule is COc1ccc(C(=O)CSc2nnc(COc3ccccc3)n2C)cc1. The van der Waals surface area contributed by atoms with Crippen molar-refractivity contribution < 1.29 is 14.3 Å². The van der Waals surface area contributed by atoms with Crippen molar-refractivity contribution >= 4 is 17.5 Å². The minimum absolute atomic E-state index is 0.0303. The second-order valence-corrected chi connectivity index (χ2v) is 6.44. The van der Waals surface area contributed by atoms with Crippen molar-refractivity contribution in [3.8, 4) is 11.5 Å². The highest BCUT2D eigenvalue weighted by molar-refractivity contribution is 7.99. The third-order valence-electron chi connectivity index (χ3n) is 3.78. The largest absolute Gasteiger partial charge is 0.497 e. The zero-order chi connectivity index (χ0) is 18.4. The molecule has 0 bridgehead atoms. The molecule has 0 aliphatic rings. The maximum atomic E-state index is 12.3. The third kappa shape index (κ3) is 4.43. The molecule has 0 saturated heterocycles. The molecule has 0 radical (unpaired) electrons. The number of carbonyl (C=O) groups excluding carboxylic acids is 1. The van der Waals surface area contributed by atoms with Gasteiger partial charge >= 0.3 is 0 Å². The molecule has 0 aliphatic carbocycles. The number of nitrogens with zero attached hydrogens (tertiary/aromatic N) is 3. The summed E-state index contributed by atoms with van der Waals surface area (Å²) >= 11 is 1.36. The average molecular weight is 369 g/mol. The van der Waals surface area contributed by atoms with Crippen LogP contribution in [0.25, 0.3) is 0 Å². The Labute approximate surface area is 156 Å². The summed E-state index contributed by atoms with van der Waals surface area (Å²) in [7, 11) is 3.46. The first-order valence-corrected chi connectivity index (χ1v) is 9.02. The highest BCUT2D eigenvalue weighted by Crippen LogP contribution is 2.19. The monoisotopic (exact) mass is 369 g/mol. The van der Waals surface area contributed by atoms with E-state index < -0.39 is 0 Å². The molecular weight excluding hydrogens is 350 g/mol. The van der Waals surface area contributed by atoms with Crippen molar-refractivity contribution in [2.75, 3.05) is 12.9 Å². The van der Waals surface area contributed by atoms with Gasteiger partial charge in [0.15, 0.2) is 16.8 Å². The second-order valence-electron chi connectivity index (χ2n) is 5.50. The fraction of sp³-hybridized carbons (Fsp3) is 0.211. The zero-order valence-electron chi connectivity index (χ0n) is 14.6. The van der Waals surface area contributed by atoms with E-state index in [1.165, 1.54) is 11.8 Å². The zero-order valence-corrected chi connectivity index (χ0v) is 15.4. The fourth-order valence-electron chi connectivity index (χ4n) is 2.25. The number of hydrogen-bond donors (Lipinski definition) is 0. The highest BCUT2D eigenvalue weighted by Gasteiger charge is 2.13. The lowest BCUT2D eigenvalue weighted by atomic mass is 10.1. The molecule has 2 aromatic carbocycles. The number of para-hydroxylation sites is 1. The quantitative estimate of drug-likeness (QED) is 0.448. The van der Waals surface area contributed by atoms with Gasteiger partial charge in [0.1, 0.15) is 18.1 Å². The highest BCUT2D eigenvalue weighted by atomic mass is 32.2. The van der Waals surface area contributed by atoms with E-state index in [4.69, 9.17) is 9.47 Å². The number of benzene rings is 2. The van der Waals surface area contributed by atoms with Crippen LogP contribution < -0.4 is 9.47 Å². The molecule has 3 rings (SSSR count). The molecule has 0 unspecified atom stereocenters. The van der Waals surface area contributed by atoms with Crippen LogP contribution in [0.5, 0.6) is 11.5 Å². The molecule has 0 spiro atoms. The summed E-state index contributed by atoms with van der Waals surface area (Å²) in [4.78, 5) is 12.3. The summed E-state index contributed by atoms with van der Waals surface area (Å²) in [5, 5.41) is 8.97. The summed E-state index contributed by atoms with van der Waals surface area (Å²) in [6, 6.07) is 16.6. The molecule has 0 aliphatic heterocycles. The van der Waals surface area contributed by atoms with Crippen LogP contribution in [-0.4, -0.2) is 33.4 Å². The van der Waals surface area contributed by atoms with Crippen molar-refractivity contribution in [2.45, 2.75) is 11.8 Å². The summed E-state index contributed by atoms with van der Waals surface area (Å²) in [6.07, 6.45) is 0. The van der Waals surface area contributed by atoms with Crippen LogP contribution in [0.1, 0.15) is 16.2 Å². The maximum Gasteiger partial charge on any atom is 0.191 e. The molecular formula is C19H19N3O3S. The van der Waals surface area contributed by atoms with Crippen LogP contribution in [0.4, 0.5) is 0 Å². The first kappa shape index (κ1) is 18.0. The van der Waals surface area contributed by atoms with Gasteiger partial charge in [-0.05, 0) is 36.4 Å². The number of thioether (sulfide) groups is 1. The van der Waals surface area contributed by atoms with Gasteiger partial charge in [-0.3, -0.25) is 4.79 Å². The molecule has 26 heavy (non-hydrogen) atoms. The van der Waals surface area contributed by atoms with Gasteiger partial charge in [0.25, 0.3) is 0 Å². The molecule has 1 heterocycles. The standard InChI is InChI=1S/C19H19N3O3S/c1-22-18(12-25-16-6-4-3-5-7-16)20-21-19(22)26-13-17(23)14-8-10-15(24-2)11-9-14/h3-11H,12-13H2,1-2H3. The van der Waals surface area contributed by atoms with E-state index in [0.29, 0.717) is 23.2 Å². The molecule has 1 aromatic heterocycles. The normalized spacial score (nSPS) is 10.5. The van der Waals surface area contributed by atoms with Crippen LogP contribution in [0.15, 0.2) is 59.8 Å². The summed E-state index contributed by atoms with van der Waals surface area (Å²) < 4.78 is 12.6. The van der Waals surface area contributed by atoms with Crippen molar-refractivity contribution in [3.63, 3.8) is 0 Å². The molecule has 0 saturated carbocycles. The molecule has 7 heteroatoms. The molecule has 6 nitrogen and oxygen atoms in total. The van der Waals surface area contributed by atoms with Gasteiger partial charge in [-0.1, -0.05) is 30.0 Å².